The number of guanidine groups is 1. The van der Waals surface area contributed by atoms with E-state index in [2.05, 4.69) is 14.8 Å². The molecule has 0 spiro atoms. The third kappa shape index (κ3) is 6.38. The summed E-state index contributed by atoms with van der Waals surface area (Å²) in [4.78, 5) is 27.9. The van der Waals surface area contributed by atoms with E-state index in [1.165, 1.54) is 12.3 Å². The summed E-state index contributed by atoms with van der Waals surface area (Å²) in [5.41, 5.74) is 1.69. The average molecular weight is 539 g/mol. The normalized spacial score (nSPS) is 22.4. The van der Waals surface area contributed by atoms with Gasteiger partial charge in [0, 0.05) is 65.0 Å². The Morgan fingerprint density at radius 2 is 1.92 bits per heavy atom. The van der Waals surface area contributed by atoms with Crippen molar-refractivity contribution in [1.29, 1.82) is 0 Å². The second-order valence-electron chi connectivity index (χ2n) is 9.91. The minimum Gasteiger partial charge on any atom is -0.492 e. The predicted molar refractivity (Wildman–Crippen MR) is 144 cm³/mol. The van der Waals surface area contributed by atoms with Crippen LogP contribution in [0.1, 0.15) is 24.2 Å². The molecule has 2 aromatic rings. The van der Waals surface area contributed by atoms with Gasteiger partial charge in [-0.2, -0.15) is 0 Å². The van der Waals surface area contributed by atoms with Crippen molar-refractivity contribution in [3.63, 3.8) is 0 Å². The van der Waals surface area contributed by atoms with Crippen LogP contribution < -0.4 is 4.74 Å². The molecule has 3 aliphatic heterocycles. The Kier molecular flexibility index (Phi) is 8.39. The first-order chi connectivity index (χ1) is 18.9. The number of aliphatic imine (C=N–C) groups is 1. The number of pyridine rings is 1. The summed E-state index contributed by atoms with van der Waals surface area (Å²) in [7, 11) is 1.76. The Morgan fingerprint density at radius 1 is 1.15 bits per heavy atom. The molecule has 3 aliphatic rings. The van der Waals surface area contributed by atoms with E-state index in [1.807, 2.05) is 29.2 Å². The van der Waals surface area contributed by atoms with E-state index >= 15 is 0 Å². The number of halogens is 1. The Labute approximate surface area is 227 Å². The van der Waals surface area contributed by atoms with Crippen LogP contribution in [-0.2, 0) is 9.53 Å². The lowest BCUT2D eigenvalue weighted by Crippen LogP contribution is -2.52. The van der Waals surface area contributed by atoms with Gasteiger partial charge < -0.3 is 29.3 Å². The zero-order valence-corrected chi connectivity index (χ0v) is 22.4. The van der Waals surface area contributed by atoms with E-state index in [1.54, 1.807) is 24.9 Å². The van der Waals surface area contributed by atoms with Gasteiger partial charge in [-0.05, 0) is 29.8 Å². The molecule has 39 heavy (non-hydrogen) atoms. The first kappa shape index (κ1) is 27.0. The molecule has 10 nitrogen and oxygen atoms in total. The van der Waals surface area contributed by atoms with Crippen molar-refractivity contribution in [3.8, 4) is 5.75 Å². The number of carbonyl (C=O) groups is 1. The highest BCUT2D eigenvalue weighted by Crippen LogP contribution is 2.28. The lowest BCUT2D eigenvalue weighted by molar-refractivity contribution is -0.130. The Bertz CT molecular complexity index is 1210. The van der Waals surface area contributed by atoms with E-state index in [9.17, 15) is 14.3 Å². The standard InChI is InChI=1S/C28H35FN6O4/c1-20(36)34-11-9-33(10-12-34)13-15-38-22-5-3-21(4-6-22)26-19-35(14-16-39-26)28-31-25(17-27(37)32(28)2)23-7-8-30-18-24(23)29/h3-8,17-18,26-27,37H,9-16,19H2,1-2H3/t26-,27?/m1/s1. The number of hydrogen-bond donors (Lipinski definition) is 1. The molecule has 208 valence electrons. The van der Waals surface area contributed by atoms with Gasteiger partial charge in [0.15, 0.2) is 12.0 Å². The zero-order valence-electron chi connectivity index (χ0n) is 22.4. The van der Waals surface area contributed by atoms with Crippen LogP contribution in [0.3, 0.4) is 0 Å². The van der Waals surface area contributed by atoms with Gasteiger partial charge in [0.05, 0.1) is 25.0 Å². The number of ether oxygens (including phenoxy) is 2. The fraction of sp³-hybridized carbons (Fsp3) is 0.464. The smallest absolute Gasteiger partial charge is 0.219 e. The van der Waals surface area contributed by atoms with Gasteiger partial charge >= 0.3 is 0 Å². The highest BCUT2D eigenvalue weighted by Gasteiger charge is 2.31. The molecule has 0 radical (unpaired) electrons. The van der Waals surface area contributed by atoms with Crippen LogP contribution in [-0.4, -0.2) is 114 Å². The van der Waals surface area contributed by atoms with Crippen molar-refractivity contribution in [2.24, 2.45) is 4.99 Å². The molecule has 4 heterocycles. The van der Waals surface area contributed by atoms with Crippen molar-refractivity contribution >= 4 is 17.6 Å². The van der Waals surface area contributed by atoms with E-state index in [0.717, 1.165) is 50.2 Å². The molecule has 0 bridgehead atoms. The number of rotatable bonds is 6. The van der Waals surface area contributed by atoms with Crippen molar-refractivity contribution < 1.29 is 23.8 Å². The molecule has 1 aromatic heterocycles. The van der Waals surface area contributed by atoms with E-state index in [0.29, 0.717) is 43.5 Å². The number of aliphatic hydroxyl groups excluding tert-OH is 1. The lowest BCUT2D eigenvalue weighted by atomic mass is 10.1. The summed E-state index contributed by atoms with van der Waals surface area (Å²) in [6, 6.07) is 9.47. The van der Waals surface area contributed by atoms with Crippen LogP contribution in [0.4, 0.5) is 4.39 Å². The van der Waals surface area contributed by atoms with Crippen molar-refractivity contribution in [2.75, 3.05) is 66.1 Å². The van der Waals surface area contributed by atoms with Crippen LogP contribution >= 0.6 is 0 Å². The summed E-state index contributed by atoms with van der Waals surface area (Å²) < 4.78 is 26.4. The van der Waals surface area contributed by atoms with Crippen LogP contribution in [0.25, 0.3) is 5.70 Å². The monoisotopic (exact) mass is 538 g/mol. The van der Waals surface area contributed by atoms with Gasteiger partial charge in [0.2, 0.25) is 11.9 Å². The van der Waals surface area contributed by atoms with Gasteiger partial charge in [0.1, 0.15) is 18.5 Å². The summed E-state index contributed by atoms with van der Waals surface area (Å²) in [5, 5.41) is 10.6. The fourth-order valence-corrected chi connectivity index (χ4v) is 5.01. The van der Waals surface area contributed by atoms with Crippen LogP contribution in [0.5, 0.6) is 5.75 Å². The number of morpholine rings is 1. The largest absolute Gasteiger partial charge is 0.492 e. The average Bonchev–Trinajstić information content (AvgIpc) is 2.95. The van der Waals surface area contributed by atoms with Crippen LogP contribution in [0, 0.1) is 5.82 Å². The van der Waals surface area contributed by atoms with Gasteiger partial charge in [-0.15, -0.1) is 0 Å². The molecular formula is C28H35FN6O4. The third-order valence-corrected chi connectivity index (χ3v) is 7.38. The third-order valence-electron chi connectivity index (χ3n) is 7.38. The topological polar surface area (TPSA) is 94.0 Å². The van der Waals surface area contributed by atoms with Crippen LogP contribution in [0.15, 0.2) is 53.8 Å². The highest BCUT2D eigenvalue weighted by atomic mass is 19.1. The van der Waals surface area contributed by atoms with Crippen molar-refractivity contribution in [2.45, 2.75) is 19.3 Å². The zero-order chi connectivity index (χ0) is 27.4. The minimum atomic E-state index is -0.934. The van der Waals surface area contributed by atoms with Crippen LogP contribution in [0.2, 0.25) is 0 Å². The van der Waals surface area contributed by atoms with Gasteiger partial charge in [-0.25, -0.2) is 9.38 Å². The number of carbonyl (C=O) groups excluding carboxylic acids is 1. The number of nitrogens with zero attached hydrogens (tertiary/aromatic N) is 6. The second kappa shape index (κ2) is 12.1. The van der Waals surface area contributed by atoms with Crippen molar-refractivity contribution in [1.82, 2.24) is 24.6 Å². The number of piperazine rings is 1. The van der Waals surface area contributed by atoms with E-state index in [4.69, 9.17) is 14.5 Å². The quantitative estimate of drug-likeness (QED) is 0.595. The SMILES string of the molecule is CC(=O)N1CCN(CCOc2ccc([C@H]3CN(C4=NC(c5ccncc5F)=CC(O)N4C)CCO3)cc2)CC1. The van der Waals surface area contributed by atoms with Gasteiger partial charge in [0.25, 0.3) is 0 Å². The first-order valence-electron chi connectivity index (χ1n) is 13.3. The van der Waals surface area contributed by atoms with E-state index < -0.39 is 12.0 Å². The Morgan fingerprint density at radius 3 is 2.64 bits per heavy atom. The number of likely N-dealkylation sites (N-methyl/N-ethyl adjacent to an activating group) is 1. The Hall–Kier alpha value is -3.54. The van der Waals surface area contributed by atoms with Gasteiger partial charge in [-0.1, -0.05) is 12.1 Å². The molecule has 0 aliphatic carbocycles. The molecule has 0 saturated carbocycles. The fourth-order valence-electron chi connectivity index (χ4n) is 5.01. The number of hydrogen-bond acceptors (Lipinski definition) is 9. The molecule has 1 N–H and O–H groups in total. The number of amides is 1. The molecule has 11 heteroatoms. The molecule has 1 unspecified atom stereocenters. The summed E-state index contributed by atoms with van der Waals surface area (Å²) >= 11 is 0. The number of aromatic nitrogens is 1. The molecule has 1 amide bonds. The van der Waals surface area contributed by atoms with Crippen molar-refractivity contribution in [3.05, 3.63) is 65.7 Å². The molecular weight excluding hydrogens is 503 g/mol. The molecule has 2 saturated heterocycles. The second-order valence-corrected chi connectivity index (χ2v) is 9.91. The summed E-state index contributed by atoms with van der Waals surface area (Å²) in [6.07, 6.45) is 3.06. The molecule has 2 fully saturated rings. The highest BCUT2D eigenvalue weighted by molar-refractivity contribution is 5.89. The minimum absolute atomic E-state index is 0.134. The summed E-state index contributed by atoms with van der Waals surface area (Å²) in [5.74, 6) is 1.01. The predicted octanol–water partition coefficient (Wildman–Crippen LogP) is 1.80. The maximum atomic E-state index is 14.4. The maximum Gasteiger partial charge on any atom is 0.219 e. The van der Waals surface area contributed by atoms with E-state index in [-0.39, 0.29) is 12.0 Å². The first-order valence-corrected chi connectivity index (χ1v) is 13.3. The number of benzene rings is 1. The number of aliphatic hydroxyl groups is 1. The molecule has 2 atom stereocenters. The molecule has 5 rings (SSSR count). The maximum absolute atomic E-state index is 14.4. The lowest BCUT2D eigenvalue weighted by Gasteiger charge is -2.40. The Balaban J connectivity index is 1.18. The summed E-state index contributed by atoms with van der Waals surface area (Å²) in [6.45, 7) is 7.90. The molecule has 1 aromatic carbocycles. The van der Waals surface area contributed by atoms with Gasteiger partial charge in [-0.3, -0.25) is 14.7 Å².